The first kappa shape index (κ1) is 13.8. The first-order valence-electron chi connectivity index (χ1n) is 6.30. The lowest BCUT2D eigenvalue weighted by Crippen LogP contribution is -2.07. The van der Waals surface area contributed by atoms with E-state index in [0.29, 0.717) is 16.6 Å². The summed E-state index contributed by atoms with van der Waals surface area (Å²) in [6.07, 6.45) is 2.17. The molecule has 0 aliphatic carbocycles. The summed E-state index contributed by atoms with van der Waals surface area (Å²) in [5.74, 6) is -0.000920. The average molecular weight is 277 g/mol. The van der Waals surface area contributed by atoms with Crippen LogP contribution >= 0.6 is 11.6 Å². The van der Waals surface area contributed by atoms with Gasteiger partial charge in [0, 0.05) is 17.8 Å². The number of aryl methyl sites for hydroxylation is 1. The second-order valence-electron chi connectivity index (χ2n) is 4.96. The topological polar surface area (TPSA) is 34.9 Å². The van der Waals surface area contributed by atoms with Crippen molar-refractivity contribution in [1.29, 1.82) is 0 Å². The lowest BCUT2D eigenvalue weighted by Gasteiger charge is -2.05. The maximum absolute atomic E-state index is 12.2. The van der Waals surface area contributed by atoms with E-state index >= 15 is 0 Å². The maximum atomic E-state index is 12.2. The lowest BCUT2D eigenvalue weighted by molar-refractivity contribution is 0.0992. The number of benzene rings is 1. The van der Waals surface area contributed by atoms with Gasteiger partial charge in [-0.25, -0.2) is 0 Å². The van der Waals surface area contributed by atoms with E-state index in [1.54, 1.807) is 6.07 Å². The van der Waals surface area contributed by atoms with Crippen molar-refractivity contribution >= 4 is 17.4 Å². The Balaban J connectivity index is 2.16. The van der Waals surface area contributed by atoms with Crippen molar-refractivity contribution in [2.75, 3.05) is 0 Å². The molecule has 0 aliphatic rings. The number of hydrogen-bond acceptors (Lipinski definition) is 2. The van der Waals surface area contributed by atoms with Crippen LogP contribution in [0.3, 0.4) is 0 Å². The molecule has 100 valence electrons. The number of ketones is 1. The minimum absolute atomic E-state index is 0.000920. The Morgan fingerprint density at radius 2 is 2.11 bits per heavy atom. The van der Waals surface area contributed by atoms with Gasteiger partial charge in [0.05, 0.1) is 17.1 Å². The van der Waals surface area contributed by atoms with Gasteiger partial charge in [-0.2, -0.15) is 5.10 Å². The van der Waals surface area contributed by atoms with Crippen LogP contribution in [0.5, 0.6) is 0 Å². The zero-order valence-electron chi connectivity index (χ0n) is 11.4. The van der Waals surface area contributed by atoms with E-state index in [1.807, 2.05) is 36.0 Å². The molecule has 1 heterocycles. The minimum atomic E-state index is -0.000920. The summed E-state index contributed by atoms with van der Waals surface area (Å²) < 4.78 is 1.85. The van der Waals surface area contributed by atoms with Crippen molar-refractivity contribution < 1.29 is 4.79 Å². The van der Waals surface area contributed by atoms with E-state index in [9.17, 15) is 4.79 Å². The van der Waals surface area contributed by atoms with E-state index < -0.39 is 0 Å². The van der Waals surface area contributed by atoms with Crippen LogP contribution in [-0.4, -0.2) is 15.6 Å². The Morgan fingerprint density at radius 1 is 1.37 bits per heavy atom. The van der Waals surface area contributed by atoms with Crippen molar-refractivity contribution in [3.63, 3.8) is 0 Å². The highest BCUT2D eigenvalue weighted by atomic mass is 35.5. The second kappa shape index (κ2) is 5.57. The van der Waals surface area contributed by atoms with E-state index in [4.69, 9.17) is 11.6 Å². The third-order valence-corrected chi connectivity index (χ3v) is 3.27. The quantitative estimate of drug-likeness (QED) is 0.795. The molecule has 0 radical (unpaired) electrons. The number of aromatic nitrogens is 2. The highest BCUT2D eigenvalue weighted by Gasteiger charge is 2.13. The fraction of sp³-hybridized carbons (Fsp3) is 0.333. The molecule has 0 saturated heterocycles. The number of rotatable bonds is 4. The number of hydrogen-bond donors (Lipinski definition) is 0. The lowest BCUT2D eigenvalue weighted by atomic mass is 10.1. The smallest absolute Gasteiger partial charge is 0.170 e. The first-order valence-corrected chi connectivity index (χ1v) is 6.68. The number of Topliss-reactive ketones (excluding diaryl/α,β-unsaturated/α-hetero) is 1. The van der Waals surface area contributed by atoms with Gasteiger partial charge in [0.15, 0.2) is 5.78 Å². The molecule has 3 nitrogen and oxygen atoms in total. The number of carbonyl (C=O) groups is 1. The molecular formula is C15H17ClN2O. The molecule has 2 rings (SSSR count). The van der Waals surface area contributed by atoms with Gasteiger partial charge in [-0.3, -0.25) is 9.48 Å². The molecule has 0 N–H and O–H groups in total. The highest BCUT2D eigenvalue weighted by molar-refractivity contribution is 6.34. The van der Waals surface area contributed by atoms with Crippen molar-refractivity contribution in [2.24, 2.45) is 0 Å². The van der Waals surface area contributed by atoms with Crippen LogP contribution in [0.4, 0.5) is 0 Å². The Bertz CT molecular complexity index is 602. The molecule has 1 aromatic heterocycles. The van der Waals surface area contributed by atoms with E-state index in [2.05, 4.69) is 18.9 Å². The predicted octanol–water partition coefficient (Wildman–Crippen LogP) is 3.85. The SMILES string of the molecule is Cc1ccc(C(=O)Cc2ccn(C(C)C)n2)c(Cl)c1. The molecule has 19 heavy (non-hydrogen) atoms. The summed E-state index contributed by atoms with van der Waals surface area (Å²) >= 11 is 6.10. The largest absolute Gasteiger partial charge is 0.294 e. The van der Waals surface area contributed by atoms with Crippen LogP contribution in [0.1, 0.15) is 41.5 Å². The van der Waals surface area contributed by atoms with Crippen LogP contribution in [0.2, 0.25) is 5.02 Å². The summed E-state index contributed by atoms with van der Waals surface area (Å²) in [5.41, 5.74) is 2.38. The number of carbonyl (C=O) groups excluding carboxylic acids is 1. The zero-order valence-corrected chi connectivity index (χ0v) is 12.1. The van der Waals surface area contributed by atoms with Crippen LogP contribution in [0.15, 0.2) is 30.5 Å². The summed E-state index contributed by atoms with van der Waals surface area (Å²) in [4.78, 5) is 12.2. The third kappa shape index (κ3) is 3.24. The molecule has 0 unspecified atom stereocenters. The summed E-state index contributed by atoms with van der Waals surface area (Å²) in [5, 5.41) is 4.88. The van der Waals surface area contributed by atoms with Gasteiger partial charge >= 0.3 is 0 Å². The summed E-state index contributed by atoms with van der Waals surface area (Å²) in [7, 11) is 0. The van der Waals surface area contributed by atoms with Gasteiger partial charge in [0.25, 0.3) is 0 Å². The molecule has 0 amide bonds. The Labute approximate surface area is 118 Å². The van der Waals surface area contributed by atoms with Crippen LogP contribution < -0.4 is 0 Å². The molecule has 2 aromatic rings. The Kier molecular flexibility index (Phi) is 4.05. The van der Waals surface area contributed by atoms with E-state index in [-0.39, 0.29) is 12.2 Å². The minimum Gasteiger partial charge on any atom is -0.294 e. The molecule has 0 aliphatic heterocycles. The predicted molar refractivity (Wildman–Crippen MR) is 76.8 cm³/mol. The molecule has 0 fully saturated rings. The fourth-order valence-corrected chi connectivity index (χ4v) is 2.21. The Morgan fingerprint density at radius 3 is 2.68 bits per heavy atom. The third-order valence-electron chi connectivity index (χ3n) is 2.96. The van der Waals surface area contributed by atoms with Crippen molar-refractivity contribution in [1.82, 2.24) is 9.78 Å². The van der Waals surface area contributed by atoms with Gasteiger partial charge in [-0.05, 0) is 44.5 Å². The van der Waals surface area contributed by atoms with Gasteiger partial charge in [0.1, 0.15) is 0 Å². The monoisotopic (exact) mass is 276 g/mol. The van der Waals surface area contributed by atoms with Crippen LogP contribution in [-0.2, 0) is 6.42 Å². The standard InChI is InChI=1S/C15H17ClN2O/c1-10(2)18-7-6-12(17-18)9-15(19)13-5-4-11(3)8-14(13)16/h4-8,10H,9H2,1-3H3. The van der Waals surface area contributed by atoms with Crippen molar-refractivity contribution in [3.8, 4) is 0 Å². The fourth-order valence-electron chi connectivity index (χ4n) is 1.87. The molecular weight excluding hydrogens is 260 g/mol. The molecule has 0 spiro atoms. The van der Waals surface area contributed by atoms with Crippen LogP contribution in [0, 0.1) is 6.92 Å². The maximum Gasteiger partial charge on any atom is 0.170 e. The molecule has 0 atom stereocenters. The van der Waals surface area contributed by atoms with E-state index in [1.165, 1.54) is 0 Å². The average Bonchev–Trinajstić information content (AvgIpc) is 2.77. The Hall–Kier alpha value is -1.61. The van der Waals surface area contributed by atoms with Gasteiger partial charge < -0.3 is 0 Å². The molecule has 0 saturated carbocycles. The van der Waals surface area contributed by atoms with Gasteiger partial charge in [-0.1, -0.05) is 17.7 Å². The summed E-state index contributed by atoms with van der Waals surface area (Å²) in [6, 6.07) is 7.65. The normalized spacial score (nSPS) is 11.0. The van der Waals surface area contributed by atoms with Gasteiger partial charge in [-0.15, -0.1) is 0 Å². The molecule has 1 aromatic carbocycles. The second-order valence-corrected chi connectivity index (χ2v) is 5.37. The highest BCUT2D eigenvalue weighted by Crippen LogP contribution is 2.19. The number of halogens is 1. The van der Waals surface area contributed by atoms with Crippen LogP contribution in [0.25, 0.3) is 0 Å². The summed E-state index contributed by atoms with van der Waals surface area (Å²) in [6.45, 7) is 6.05. The first-order chi connectivity index (χ1) is 8.97. The zero-order chi connectivity index (χ0) is 14.0. The number of nitrogens with zero attached hydrogens (tertiary/aromatic N) is 2. The van der Waals surface area contributed by atoms with Crippen molar-refractivity contribution in [3.05, 3.63) is 52.3 Å². The molecule has 4 heteroatoms. The van der Waals surface area contributed by atoms with E-state index in [0.717, 1.165) is 11.3 Å². The molecule has 0 bridgehead atoms. The van der Waals surface area contributed by atoms with Gasteiger partial charge in [0.2, 0.25) is 0 Å². The van der Waals surface area contributed by atoms with Crippen molar-refractivity contribution in [2.45, 2.75) is 33.2 Å².